The maximum atomic E-state index is 11.6. The van der Waals surface area contributed by atoms with E-state index in [0.717, 1.165) is 24.3 Å². The van der Waals surface area contributed by atoms with Gasteiger partial charge in [0, 0.05) is 6.04 Å². The third kappa shape index (κ3) is 3.62. The smallest absolute Gasteiger partial charge is 0.230 e. The van der Waals surface area contributed by atoms with E-state index in [-0.39, 0.29) is 17.8 Å². The molecule has 1 fully saturated rings. The lowest BCUT2D eigenvalue weighted by Gasteiger charge is -2.23. The fourth-order valence-corrected chi connectivity index (χ4v) is 2.50. The van der Waals surface area contributed by atoms with Gasteiger partial charge in [-0.1, -0.05) is 5.16 Å². The Morgan fingerprint density at radius 3 is 2.73 bits per heavy atom. The van der Waals surface area contributed by atoms with Crippen molar-refractivity contribution in [1.82, 2.24) is 5.32 Å². The Morgan fingerprint density at radius 2 is 2.20 bits per heavy atom. The molecule has 4 N–H and O–H groups in total. The topological polar surface area (TPSA) is 87.7 Å². The number of nitrogens with two attached hydrogens (primary N) is 1. The number of rotatable bonds is 3. The van der Waals surface area contributed by atoms with Crippen molar-refractivity contribution in [1.29, 1.82) is 0 Å². The third-order valence-corrected chi connectivity index (χ3v) is 3.57. The van der Waals surface area contributed by atoms with Crippen LogP contribution in [-0.4, -0.2) is 34.5 Å². The fraction of sp³-hybridized carbons (Fsp3) is 0.778. The summed E-state index contributed by atoms with van der Waals surface area (Å²) in [6.45, 7) is 1.63. The number of thioether (sulfide) groups is 1. The molecule has 86 valence electrons. The van der Waals surface area contributed by atoms with Crippen molar-refractivity contribution < 1.29 is 10.0 Å². The highest BCUT2D eigenvalue weighted by molar-refractivity contribution is 7.99. The van der Waals surface area contributed by atoms with E-state index >= 15 is 0 Å². The molecule has 1 unspecified atom stereocenters. The molecule has 0 saturated carbocycles. The van der Waals surface area contributed by atoms with Gasteiger partial charge in [0.15, 0.2) is 5.84 Å². The van der Waals surface area contributed by atoms with Crippen LogP contribution in [0.2, 0.25) is 0 Å². The van der Waals surface area contributed by atoms with Crippen LogP contribution < -0.4 is 11.1 Å². The van der Waals surface area contributed by atoms with Crippen LogP contribution >= 0.6 is 11.8 Å². The molecule has 1 saturated heterocycles. The minimum absolute atomic E-state index is 0.0438. The summed E-state index contributed by atoms with van der Waals surface area (Å²) in [6, 6.07) is 0.243. The Kier molecular flexibility index (Phi) is 4.74. The fourth-order valence-electron chi connectivity index (χ4n) is 1.39. The second-order valence-electron chi connectivity index (χ2n) is 3.64. The molecule has 1 amide bonds. The Labute approximate surface area is 93.5 Å². The summed E-state index contributed by atoms with van der Waals surface area (Å²) in [4.78, 5) is 11.6. The van der Waals surface area contributed by atoms with E-state index in [2.05, 4.69) is 10.5 Å². The van der Waals surface area contributed by atoms with Gasteiger partial charge in [0.05, 0.1) is 5.92 Å². The van der Waals surface area contributed by atoms with Crippen LogP contribution in [0.3, 0.4) is 0 Å². The van der Waals surface area contributed by atoms with Crippen molar-refractivity contribution in [2.75, 3.05) is 11.5 Å². The summed E-state index contributed by atoms with van der Waals surface area (Å²) in [6.07, 6.45) is 2.00. The zero-order valence-electron chi connectivity index (χ0n) is 8.77. The quantitative estimate of drug-likeness (QED) is 0.283. The minimum atomic E-state index is -0.565. The first-order valence-corrected chi connectivity index (χ1v) is 6.16. The zero-order valence-corrected chi connectivity index (χ0v) is 9.59. The van der Waals surface area contributed by atoms with Crippen molar-refractivity contribution in [2.24, 2.45) is 16.8 Å². The van der Waals surface area contributed by atoms with Gasteiger partial charge >= 0.3 is 0 Å². The van der Waals surface area contributed by atoms with Gasteiger partial charge in [-0.3, -0.25) is 4.79 Å². The van der Waals surface area contributed by atoms with Crippen LogP contribution in [0.5, 0.6) is 0 Å². The van der Waals surface area contributed by atoms with Crippen molar-refractivity contribution in [3.05, 3.63) is 0 Å². The maximum Gasteiger partial charge on any atom is 0.230 e. The largest absolute Gasteiger partial charge is 0.409 e. The maximum absolute atomic E-state index is 11.6. The highest BCUT2D eigenvalue weighted by atomic mass is 32.2. The highest BCUT2D eigenvalue weighted by Crippen LogP contribution is 2.17. The van der Waals surface area contributed by atoms with Gasteiger partial charge < -0.3 is 16.3 Å². The summed E-state index contributed by atoms with van der Waals surface area (Å²) in [7, 11) is 0. The SMILES string of the molecule is CC(C(=O)NC1CCSCC1)C(N)=NO. The highest BCUT2D eigenvalue weighted by Gasteiger charge is 2.22. The van der Waals surface area contributed by atoms with Crippen LogP contribution in [-0.2, 0) is 4.79 Å². The molecule has 0 aromatic rings. The molecule has 1 heterocycles. The van der Waals surface area contributed by atoms with Gasteiger partial charge in [0.1, 0.15) is 0 Å². The Balaban J connectivity index is 2.40. The van der Waals surface area contributed by atoms with Crippen molar-refractivity contribution in [3.63, 3.8) is 0 Å². The first-order valence-electron chi connectivity index (χ1n) is 5.00. The number of amidine groups is 1. The summed E-state index contributed by atoms with van der Waals surface area (Å²) < 4.78 is 0. The molecule has 15 heavy (non-hydrogen) atoms. The molecular weight excluding hydrogens is 214 g/mol. The molecule has 0 aromatic carbocycles. The van der Waals surface area contributed by atoms with Crippen molar-refractivity contribution >= 4 is 23.5 Å². The van der Waals surface area contributed by atoms with Gasteiger partial charge in [-0.05, 0) is 31.3 Å². The van der Waals surface area contributed by atoms with E-state index < -0.39 is 5.92 Å². The molecular formula is C9H17N3O2S. The van der Waals surface area contributed by atoms with E-state index in [1.165, 1.54) is 0 Å². The molecule has 1 rings (SSSR count). The number of nitrogens with one attached hydrogen (secondary N) is 1. The number of nitrogens with zero attached hydrogens (tertiary/aromatic N) is 1. The molecule has 0 spiro atoms. The van der Waals surface area contributed by atoms with Crippen LogP contribution in [0, 0.1) is 5.92 Å². The minimum Gasteiger partial charge on any atom is -0.409 e. The van der Waals surface area contributed by atoms with E-state index in [4.69, 9.17) is 10.9 Å². The predicted molar refractivity (Wildman–Crippen MR) is 61.1 cm³/mol. The molecule has 6 heteroatoms. The standard InChI is InChI=1S/C9H17N3O2S/c1-6(8(10)12-14)9(13)11-7-2-4-15-5-3-7/h6-7,14H,2-5H2,1H3,(H2,10,12)(H,11,13). The second-order valence-corrected chi connectivity index (χ2v) is 4.87. The monoisotopic (exact) mass is 231 g/mol. The molecule has 1 atom stereocenters. The molecule has 1 aliphatic rings. The Morgan fingerprint density at radius 1 is 1.60 bits per heavy atom. The molecule has 5 nitrogen and oxygen atoms in total. The normalized spacial score (nSPS) is 21.0. The van der Waals surface area contributed by atoms with E-state index in [0.29, 0.717) is 0 Å². The average Bonchev–Trinajstić information content (AvgIpc) is 2.28. The average molecular weight is 231 g/mol. The summed E-state index contributed by atoms with van der Waals surface area (Å²) >= 11 is 1.91. The van der Waals surface area contributed by atoms with Gasteiger partial charge in [0.25, 0.3) is 0 Å². The van der Waals surface area contributed by atoms with Gasteiger partial charge in [-0.25, -0.2) is 0 Å². The predicted octanol–water partition coefficient (Wildman–Crippen LogP) is 0.381. The first kappa shape index (κ1) is 12.2. The van der Waals surface area contributed by atoms with Gasteiger partial charge in [-0.2, -0.15) is 11.8 Å². The van der Waals surface area contributed by atoms with Crippen LogP contribution in [0.15, 0.2) is 5.16 Å². The molecule has 0 aliphatic carbocycles. The van der Waals surface area contributed by atoms with Gasteiger partial charge in [-0.15, -0.1) is 0 Å². The number of hydrogen-bond donors (Lipinski definition) is 3. The van der Waals surface area contributed by atoms with Crippen LogP contribution in [0.4, 0.5) is 0 Å². The zero-order chi connectivity index (χ0) is 11.3. The Hall–Kier alpha value is -0.910. The number of carbonyl (C=O) groups is 1. The summed E-state index contributed by atoms with van der Waals surface area (Å²) in [5.74, 6) is 1.40. The first-order chi connectivity index (χ1) is 7.15. The van der Waals surface area contributed by atoms with E-state index in [1.54, 1.807) is 6.92 Å². The molecule has 0 bridgehead atoms. The molecule has 0 radical (unpaired) electrons. The van der Waals surface area contributed by atoms with Crippen LogP contribution in [0.25, 0.3) is 0 Å². The van der Waals surface area contributed by atoms with Gasteiger partial charge in [0.2, 0.25) is 5.91 Å². The van der Waals surface area contributed by atoms with E-state index in [1.807, 2.05) is 11.8 Å². The van der Waals surface area contributed by atoms with E-state index in [9.17, 15) is 4.79 Å². The lowest BCUT2D eigenvalue weighted by molar-refractivity contribution is -0.123. The Bertz CT molecular complexity index is 252. The number of oxime groups is 1. The lowest BCUT2D eigenvalue weighted by Crippen LogP contribution is -2.43. The van der Waals surface area contributed by atoms with Crippen molar-refractivity contribution in [2.45, 2.75) is 25.8 Å². The number of carbonyl (C=O) groups excluding carboxylic acids is 1. The molecule has 1 aliphatic heterocycles. The molecule has 0 aromatic heterocycles. The number of amides is 1. The summed E-state index contributed by atoms with van der Waals surface area (Å²) in [5.41, 5.74) is 5.36. The van der Waals surface area contributed by atoms with Crippen LogP contribution in [0.1, 0.15) is 19.8 Å². The summed E-state index contributed by atoms with van der Waals surface area (Å²) in [5, 5.41) is 14.2. The second kappa shape index (κ2) is 5.85. The third-order valence-electron chi connectivity index (χ3n) is 2.52. The lowest BCUT2D eigenvalue weighted by atomic mass is 10.1. The number of hydrogen-bond acceptors (Lipinski definition) is 4. The van der Waals surface area contributed by atoms with Crippen molar-refractivity contribution in [3.8, 4) is 0 Å².